The monoisotopic (exact) mass is 480 g/mol. The predicted molar refractivity (Wildman–Crippen MR) is 134 cm³/mol. The third kappa shape index (κ3) is 4.46. The van der Waals surface area contributed by atoms with Gasteiger partial charge in [0.2, 0.25) is 0 Å². The highest BCUT2D eigenvalue weighted by atomic mass is 32.1. The van der Waals surface area contributed by atoms with Gasteiger partial charge in [-0.25, -0.2) is 0 Å². The molecule has 1 saturated heterocycles. The highest BCUT2D eigenvalue weighted by Gasteiger charge is 2.34. The number of benzene rings is 1. The number of hydrogen-bond donors (Lipinski definition) is 1. The minimum atomic E-state index is -0.228. The van der Waals surface area contributed by atoms with Crippen LogP contribution >= 0.6 is 11.3 Å². The van der Waals surface area contributed by atoms with Crippen LogP contribution in [0, 0.1) is 25.7 Å². The minimum absolute atomic E-state index is 0.00197. The van der Waals surface area contributed by atoms with Gasteiger partial charge < -0.3 is 19.2 Å². The van der Waals surface area contributed by atoms with Crippen molar-refractivity contribution in [2.45, 2.75) is 40.2 Å². The van der Waals surface area contributed by atoms with Gasteiger partial charge in [-0.1, -0.05) is 19.9 Å². The maximum atomic E-state index is 12.9. The molecule has 2 aromatic heterocycles. The van der Waals surface area contributed by atoms with Crippen molar-refractivity contribution in [2.24, 2.45) is 11.8 Å². The molecule has 3 atom stereocenters. The average Bonchev–Trinajstić information content (AvgIpc) is 3.44. The zero-order valence-electron chi connectivity index (χ0n) is 20.2. The molecule has 2 aliphatic heterocycles. The maximum absolute atomic E-state index is 12.9. The third-order valence-corrected chi connectivity index (χ3v) is 7.96. The number of thiophene rings is 1. The van der Waals surface area contributed by atoms with Crippen LogP contribution in [0.2, 0.25) is 0 Å². The molecule has 0 unspecified atom stereocenters. The molecule has 1 aromatic carbocycles. The number of furan rings is 1. The number of fused-ring (bicyclic) bond motifs is 1. The van der Waals surface area contributed by atoms with E-state index in [4.69, 9.17) is 13.9 Å². The number of carbonyl (C=O) groups is 1. The van der Waals surface area contributed by atoms with Crippen LogP contribution in [0.3, 0.4) is 0 Å². The topological polar surface area (TPSA) is 63.9 Å². The molecule has 1 amide bonds. The molecule has 5 rings (SSSR count). The zero-order chi connectivity index (χ0) is 23.8. The van der Waals surface area contributed by atoms with Crippen LogP contribution in [0.4, 0.5) is 5.00 Å². The molecule has 7 heteroatoms. The Morgan fingerprint density at radius 3 is 2.53 bits per heavy atom. The molecule has 0 saturated carbocycles. The highest BCUT2D eigenvalue weighted by molar-refractivity contribution is 7.16. The summed E-state index contributed by atoms with van der Waals surface area (Å²) < 4.78 is 17.1. The van der Waals surface area contributed by atoms with Gasteiger partial charge >= 0.3 is 0 Å². The number of ether oxygens (including phenoxy) is 2. The predicted octanol–water partition coefficient (Wildman–Crippen LogP) is 6.05. The summed E-state index contributed by atoms with van der Waals surface area (Å²) in [5, 5.41) is 4.03. The Balaban J connectivity index is 1.60. The molecule has 0 radical (unpaired) electrons. The van der Waals surface area contributed by atoms with E-state index in [2.05, 4.69) is 50.0 Å². The lowest BCUT2D eigenvalue weighted by Gasteiger charge is -2.41. The second-order valence-electron chi connectivity index (χ2n) is 9.66. The van der Waals surface area contributed by atoms with Crippen molar-refractivity contribution in [3.05, 3.63) is 63.9 Å². The van der Waals surface area contributed by atoms with E-state index >= 15 is 0 Å². The first-order valence-corrected chi connectivity index (χ1v) is 12.8. The first kappa shape index (κ1) is 23.0. The Labute approximate surface area is 204 Å². The van der Waals surface area contributed by atoms with Crippen molar-refractivity contribution in [3.8, 4) is 11.5 Å². The van der Waals surface area contributed by atoms with Crippen molar-refractivity contribution >= 4 is 22.2 Å². The Morgan fingerprint density at radius 1 is 1.09 bits per heavy atom. The van der Waals surface area contributed by atoms with E-state index in [9.17, 15) is 4.79 Å². The molecular formula is C27H32N2O4S. The van der Waals surface area contributed by atoms with E-state index in [0.29, 0.717) is 30.8 Å². The number of likely N-dealkylation sites (tertiary alicyclic amines) is 1. The Hall–Kier alpha value is -2.77. The van der Waals surface area contributed by atoms with Gasteiger partial charge in [-0.2, -0.15) is 0 Å². The molecule has 2 aliphatic rings. The van der Waals surface area contributed by atoms with Gasteiger partial charge in [0.05, 0.1) is 12.3 Å². The van der Waals surface area contributed by atoms with Crippen LogP contribution in [-0.2, 0) is 0 Å². The summed E-state index contributed by atoms with van der Waals surface area (Å²) in [6.07, 6.45) is 2.75. The summed E-state index contributed by atoms with van der Waals surface area (Å²) in [6, 6.07) is 9.70. The minimum Gasteiger partial charge on any atom is -0.486 e. The van der Waals surface area contributed by atoms with Gasteiger partial charge in [0.25, 0.3) is 5.91 Å². The number of piperidine rings is 1. The largest absolute Gasteiger partial charge is 0.486 e. The van der Waals surface area contributed by atoms with E-state index in [1.54, 1.807) is 23.5 Å². The van der Waals surface area contributed by atoms with Crippen molar-refractivity contribution in [1.29, 1.82) is 0 Å². The molecule has 1 N–H and O–H groups in total. The maximum Gasteiger partial charge on any atom is 0.291 e. The molecule has 180 valence electrons. The summed E-state index contributed by atoms with van der Waals surface area (Å²) in [6.45, 7) is 12.1. The average molecular weight is 481 g/mol. The normalized spacial score (nSPS) is 21.3. The van der Waals surface area contributed by atoms with Crippen LogP contribution < -0.4 is 14.8 Å². The Kier molecular flexibility index (Phi) is 6.40. The Morgan fingerprint density at radius 2 is 1.82 bits per heavy atom. The highest BCUT2D eigenvalue weighted by Crippen LogP contribution is 2.45. The molecular weight excluding hydrogens is 448 g/mol. The van der Waals surface area contributed by atoms with Crippen molar-refractivity contribution < 1.29 is 18.7 Å². The van der Waals surface area contributed by atoms with Crippen molar-refractivity contribution in [3.63, 3.8) is 0 Å². The van der Waals surface area contributed by atoms with Gasteiger partial charge in [-0.15, -0.1) is 11.3 Å². The van der Waals surface area contributed by atoms with Gasteiger partial charge in [0.15, 0.2) is 17.3 Å². The lowest BCUT2D eigenvalue weighted by atomic mass is 9.87. The number of nitrogens with one attached hydrogen (secondary N) is 1. The van der Waals surface area contributed by atoms with Crippen molar-refractivity contribution in [1.82, 2.24) is 4.90 Å². The number of aryl methyl sites for hydroxylation is 1. The molecule has 0 bridgehead atoms. The summed E-state index contributed by atoms with van der Waals surface area (Å²) >= 11 is 1.63. The molecule has 0 aliphatic carbocycles. The van der Waals surface area contributed by atoms with Gasteiger partial charge in [0, 0.05) is 23.5 Å². The van der Waals surface area contributed by atoms with Gasteiger partial charge in [-0.05, 0) is 67.5 Å². The smallest absolute Gasteiger partial charge is 0.291 e. The quantitative estimate of drug-likeness (QED) is 0.482. The fraction of sp³-hybridized carbons (Fsp3) is 0.444. The molecule has 1 fully saturated rings. The van der Waals surface area contributed by atoms with E-state index < -0.39 is 0 Å². The number of carbonyl (C=O) groups excluding carboxylic acids is 1. The van der Waals surface area contributed by atoms with Crippen LogP contribution in [0.5, 0.6) is 11.5 Å². The molecule has 4 heterocycles. The van der Waals surface area contributed by atoms with Crippen LogP contribution in [0.25, 0.3) is 0 Å². The molecule has 34 heavy (non-hydrogen) atoms. The van der Waals surface area contributed by atoms with E-state index in [1.165, 1.54) is 23.1 Å². The second-order valence-corrected chi connectivity index (χ2v) is 10.9. The fourth-order valence-corrected chi connectivity index (χ4v) is 6.44. The van der Waals surface area contributed by atoms with E-state index in [0.717, 1.165) is 40.7 Å². The first-order chi connectivity index (χ1) is 16.4. The number of hydrogen-bond acceptors (Lipinski definition) is 6. The van der Waals surface area contributed by atoms with E-state index in [-0.39, 0.29) is 11.9 Å². The number of amides is 1. The lowest BCUT2D eigenvalue weighted by Crippen LogP contribution is -2.41. The molecule has 3 aromatic rings. The first-order valence-electron chi connectivity index (χ1n) is 12.0. The number of anilines is 1. The summed E-state index contributed by atoms with van der Waals surface area (Å²) in [5.41, 5.74) is 3.52. The third-order valence-electron chi connectivity index (χ3n) is 6.82. The fourth-order valence-electron chi connectivity index (χ4n) is 5.35. The van der Waals surface area contributed by atoms with Crippen LogP contribution in [-0.4, -0.2) is 37.1 Å². The number of rotatable bonds is 5. The standard InChI is InChI=1S/C27H32N2O4S/c1-16-12-17(2)15-29(14-16)25(20-7-8-21-23(13-20)33-11-10-32-21)24-18(3)19(4)34-27(24)28-26(30)22-6-5-9-31-22/h5-9,13,16-17,25H,10-12,14-15H2,1-4H3,(H,28,30)/t16-,17-,25+/m0/s1. The van der Waals surface area contributed by atoms with Crippen LogP contribution in [0.1, 0.15) is 58.4 Å². The van der Waals surface area contributed by atoms with Gasteiger partial charge in [0.1, 0.15) is 18.2 Å². The second kappa shape index (κ2) is 9.47. The summed E-state index contributed by atoms with van der Waals surface area (Å²) in [5.74, 6) is 2.87. The zero-order valence-corrected chi connectivity index (χ0v) is 21.0. The lowest BCUT2D eigenvalue weighted by molar-refractivity contribution is 0.0995. The SMILES string of the molecule is Cc1sc(NC(=O)c2ccco2)c([C@@H](c2ccc3c(c2)OCCO3)N2C[C@@H](C)C[C@H](C)C2)c1C. The Bertz CT molecular complexity index is 1160. The summed E-state index contributed by atoms with van der Waals surface area (Å²) in [4.78, 5) is 16.7. The summed E-state index contributed by atoms with van der Waals surface area (Å²) in [7, 11) is 0. The molecule has 6 nitrogen and oxygen atoms in total. The molecule has 0 spiro atoms. The van der Waals surface area contributed by atoms with Crippen LogP contribution in [0.15, 0.2) is 41.0 Å². The number of nitrogens with zero attached hydrogens (tertiary/aromatic N) is 1. The van der Waals surface area contributed by atoms with E-state index in [1.807, 2.05) is 6.07 Å². The van der Waals surface area contributed by atoms with Gasteiger partial charge in [-0.3, -0.25) is 9.69 Å². The van der Waals surface area contributed by atoms with Crippen molar-refractivity contribution in [2.75, 3.05) is 31.6 Å².